The van der Waals surface area contributed by atoms with Crippen LogP contribution in [0.15, 0.2) is 146 Å². The van der Waals surface area contributed by atoms with Crippen LogP contribution in [-0.2, 0) is 39.0 Å². The molecule has 0 aliphatic carbocycles. The van der Waals surface area contributed by atoms with Crippen LogP contribution in [0.1, 0.15) is 42.0 Å². The van der Waals surface area contributed by atoms with Gasteiger partial charge in [-0.1, -0.05) is 135 Å². The summed E-state index contributed by atoms with van der Waals surface area (Å²) in [5.74, 6) is 0.584. The number of aryl methyl sites for hydroxylation is 3. The first kappa shape index (κ1) is 36.3. The van der Waals surface area contributed by atoms with E-state index in [0.29, 0.717) is 5.92 Å². The average Bonchev–Trinajstić information content (AvgIpc) is 3.68. The van der Waals surface area contributed by atoms with E-state index in [2.05, 4.69) is 166 Å². The number of fused-ring (bicyclic) bond motifs is 2. The minimum atomic E-state index is 0. The zero-order valence-corrected chi connectivity index (χ0v) is 30.1. The van der Waals surface area contributed by atoms with E-state index in [1.165, 1.54) is 66.1 Å². The molecule has 7 aromatic rings. The summed E-state index contributed by atoms with van der Waals surface area (Å²) in [5.41, 5.74) is 10.9. The Morgan fingerprint density at radius 3 is 1.73 bits per heavy atom. The molecule has 0 aliphatic heterocycles. The zero-order valence-electron chi connectivity index (χ0n) is 26.1. The Morgan fingerprint density at radius 1 is 0.556 bits per heavy atom. The fourth-order valence-corrected chi connectivity index (χ4v) is 5.91. The molecule has 45 heavy (non-hydrogen) atoms. The fraction of sp³-hybridized carbons (Fsp3) is 0.143. The summed E-state index contributed by atoms with van der Waals surface area (Å²) in [7, 11) is 0. The minimum Gasteiger partial charge on any atom is -1.00 e. The Morgan fingerprint density at radius 2 is 1.13 bits per heavy atom. The summed E-state index contributed by atoms with van der Waals surface area (Å²) < 4.78 is 0. The van der Waals surface area contributed by atoms with E-state index in [1.807, 2.05) is 0 Å². The fourth-order valence-electron chi connectivity index (χ4n) is 5.91. The normalized spacial score (nSPS) is 10.4. The smallest absolute Gasteiger partial charge is 1.00 e. The van der Waals surface area contributed by atoms with Crippen LogP contribution in [0.3, 0.4) is 0 Å². The number of hydrogen-bond acceptors (Lipinski definition) is 0. The van der Waals surface area contributed by atoms with Gasteiger partial charge in [-0.15, -0.1) is 68.6 Å². The molecule has 0 saturated heterocycles. The number of halogens is 2. The van der Waals surface area contributed by atoms with Crippen molar-refractivity contribution in [1.82, 2.24) is 0 Å². The van der Waals surface area contributed by atoms with Crippen LogP contribution in [0.4, 0.5) is 0 Å². The molecule has 224 valence electrons. The molecule has 0 unspecified atom stereocenters. The van der Waals surface area contributed by atoms with Gasteiger partial charge in [-0.25, -0.2) is 0 Å². The molecule has 0 heterocycles. The first-order valence-corrected chi connectivity index (χ1v) is 15.1. The first-order chi connectivity index (χ1) is 20.6. The molecule has 0 aromatic heterocycles. The standard InChI is InChI=1S/C24H21.C18H17.2ClH.Zr/c1-18-12-15-22(21-10-6-3-7-11-21)24-17-20(16-23(18)24)14-13-19-8-4-2-5-9-19;1-13(2)16-11-15-9-6-10-17(18(15)12-16)14-7-4-3-5-8-14;;;/h2-12,15-17H,13-14H2,1H3;3-13H,1-2H3;2*1H;/q2*-1;;;+4/p-2. The van der Waals surface area contributed by atoms with Crippen molar-refractivity contribution in [3.63, 3.8) is 0 Å². The molecule has 0 fully saturated rings. The quantitative estimate of drug-likeness (QED) is 0.196. The topological polar surface area (TPSA) is 0 Å². The number of benzene rings is 5. The van der Waals surface area contributed by atoms with Crippen LogP contribution >= 0.6 is 0 Å². The second-order valence-corrected chi connectivity index (χ2v) is 11.6. The van der Waals surface area contributed by atoms with Crippen LogP contribution in [-0.4, -0.2) is 0 Å². The molecule has 0 saturated carbocycles. The third-order valence-corrected chi connectivity index (χ3v) is 8.32. The van der Waals surface area contributed by atoms with Crippen molar-refractivity contribution in [1.29, 1.82) is 0 Å². The second kappa shape index (κ2) is 16.9. The van der Waals surface area contributed by atoms with Crippen molar-refractivity contribution >= 4 is 21.5 Å². The van der Waals surface area contributed by atoms with Crippen LogP contribution in [0.5, 0.6) is 0 Å². The molecule has 0 atom stereocenters. The molecule has 0 radical (unpaired) electrons. The van der Waals surface area contributed by atoms with Crippen molar-refractivity contribution in [2.45, 2.75) is 39.5 Å². The first-order valence-electron chi connectivity index (χ1n) is 15.1. The maximum atomic E-state index is 2.38. The van der Waals surface area contributed by atoms with E-state index >= 15 is 0 Å². The molecule has 0 aliphatic rings. The van der Waals surface area contributed by atoms with Crippen LogP contribution < -0.4 is 24.8 Å². The van der Waals surface area contributed by atoms with E-state index in [0.717, 1.165) is 12.8 Å². The van der Waals surface area contributed by atoms with E-state index < -0.39 is 0 Å². The minimum absolute atomic E-state index is 0. The molecule has 0 amide bonds. The molecule has 0 bridgehead atoms. The van der Waals surface area contributed by atoms with Gasteiger partial charge in [-0.05, 0) is 35.4 Å². The summed E-state index contributed by atoms with van der Waals surface area (Å²) in [6.45, 7) is 6.70. The van der Waals surface area contributed by atoms with Crippen molar-refractivity contribution in [2.24, 2.45) is 0 Å². The molecule has 7 rings (SSSR count). The Bertz CT molecular complexity index is 1900. The molecule has 7 aromatic carbocycles. The van der Waals surface area contributed by atoms with Gasteiger partial charge in [-0.3, -0.25) is 0 Å². The number of rotatable bonds is 6. The summed E-state index contributed by atoms with van der Waals surface area (Å²) in [5, 5.41) is 5.48. The number of hydrogen-bond donors (Lipinski definition) is 0. The predicted molar refractivity (Wildman–Crippen MR) is 183 cm³/mol. The van der Waals surface area contributed by atoms with Crippen LogP contribution in [0, 0.1) is 6.92 Å². The third-order valence-electron chi connectivity index (χ3n) is 8.32. The van der Waals surface area contributed by atoms with Gasteiger partial charge in [-0.2, -0.15) is 12.1 Å². The monoisotopic (exact) mass is 702 g/mol. The van der Waals surface area contributed by atoms with Crippen LogP contribution in [0.2, 0.25) is 0 Å². The SMILES string of the molecule is CC(C)c1cc2c(-c3ccccc3)cccc2[cH-]1.Cc1ccc(-c2ccccc2)c2cc(CCc3ccccc3)[cH-]c12.[Cl-].[Cl-].[Zr+4]. The molecular weight excluding hydrogens is 667 g/mol. The summed E-state index contributed by atoms with van der Waals surface area (Å²) in [6.07, 6.45) is 2.18. The second-order valence-electron chi connectivity index (χ2n) is 11.6. The molecule has 0 N–H and O–H groups in total. The molecule has 3 heteroatoms. The van der Waals surface area contributed by atoms with Gasteiger partial charge >= 0.3 is 26.2 Å². The summed E-state index contributed by atoms with van der Waals surface area (Å²) in [4.78, 5) is 0. The Balaban J connectivity index is 0.000000238. The van der Waals surface area contributed by atoms with Gasteiger partial charge in [0.25, 0.3) is 0 Å². The maximum Gasteiger partial charge on any atom is 4.00 e. The average molecular weight is 705 g/mol. The van der Waals surface area contributed by atoms with E-state index in [1.54, 1.807) is 0 Å². The van der Waals surface area contributed by atoms with Crippen molar-refractivity contribution in [3.05, 3.63) is 168 Å². The Kier molecular flexibility index (Phi) is 13.6. The molecular formula is C42H38Cl2Zr. The van der Waals surface area contributed by atoms with E-state index in [4.69, 9.17) is 0 Å². The Hall–Kier alpha value is -3.22. The summed E-state index contributed by atoms with van der Waals surface area (Å²) in [6, 6.07) is 52.5. The largest absolute Gasteiger partial charge is 4.00 e. The van der Waals surface area contributed by atoms with Gasteiger partial charge in [0, 0.05) is 0 Å². The third kappa shape index (κ3) is 8.53. The van der Waals surface area contributed by atoms with E-state index in [9.17, 15) is 0 Å². The molecule has 0 nitrogen and oxygen atoms in total. The van der Waals surface area contributed by atoms with Crippen LogP contribution in [0.25, 0.3) is 43.8 Å². The van der Waals surface area contributed by atoms with Gasteiger partial charge in [0.15, 0.2) is 0 Å². The zero-order chi connectivity index (χ0) is 28.9. The summed E-state index contributed by atoms with van der Waals surface area (Å²) >= 11 is 0. The van der Waals surface area contributed by atoms with Gasteiger partial charge < -0.3 is 24.8 Å². The van der Waals surface area contributed by atoms with Crippen molar-refractivity contribution < 1.29 is 51.0 Å². The van der Waals surface area contributed by atoms with Crippen molar-refractivity contribution in [2.75, 3.05) is 0 Å². The van der Waals surface area contributed by atoms with E-state index in [-0.39, 0.29) is 51.0 Å². The van der Waals surface area contributed by atoms with Gasteiger partial charge in [0.05, 0.1) is 0 Å². The van der Waals surface area contributed by atoms with Crippen molar-refractivity contribution in [3.8, 4) is 22.3 Å². The van der Waals surface area contributed by atoms with Gasteiger partial charge in [0.2, 0.25) is 0 Å². The predicted octanol–water partition coefficient (Wildman–Crippen LogP) is 5.67. The Labute approximate surface area is 300 Å². The van der Waals surface area contributed by atoms with Gasteiger partial charge in [0.1, 0.15) is 0 Å². The molecule has 0 spiro atoms. The maximum absolute atomic E-state index is 2.38.